The molecule has 1 atom stereocenters. The zero-order chi connectivity index (χ0) is 10.8. The predicted molar refractivity (Wildman–Crippen MR) is 62.2 cm³/mol. The highest BCUT2D eigenvalue weighted by molar-refractivity contribution is 5.54. The number of nitrogens with zero attached hydrogens (tertiary/aromatic N) is 1. The van der Waals surface area contributed by atoms with Gasteiger partial charge in [0.2, 0.25) is 0 Å². The Hall–Kier alpha value is -1.22. The van der Waals surface area contributed by atoms with Gasteiger partial charge in [-0.1, -0.05) is 0 Å². The fourth-order valence-electron chi connectivity index (χ4n) is 2.08. The normalized spacial score (nSPS) is 18.1. The van der Waals surface area contributed by atoms with E-state index in [0.29, 0.717) is 5.75 Å². The minimum Gasteiger partial charge on any atom is -0.508 e. The third-order valence-corrected chi connectivity index (χ3v) is 2.97. The Balaban J connectivity index is 2.29. The molecule has 1 heterocycles. The zero-order valence-electron chi connectivity index (χ0n) is 9.11. The predicted octanol–water partition coefficient (Wildman–Crippen LogP) is 2.01. The molecule has 0 radical (unpaired) electrons. The molecule has 1 aliphatic heterocycles. The molecule has 15 heavy (non-hydrogen) atoms. The number of nitrogens with two attached hydrogens (primary N) is 1. The van der Waals surface area contributed by atoms with Crippen LogP contribution in [0.15, 0.2) is 18.2 Å². The van der Waals surface area contributed by atoms with Crippen LogP contribution in [0.25, 0.3) is 0 Å². The molecule has 0 amide bonds. The molecule has 1 aliphatic rings. The molecule has 0 aliphatic carbocycles. The van der Waals surface area contributed by atoms with Crippen molar-refractivity contribution >= 4 is 5.69 Å². The van der Waals surface area contributed by atoms with E-state index < -0.39 is 0 Å². The van der Waals surface area contributed by atoms with Crippen LogP contribution in [0.2, 0.25) is 0 Å². The summed E-state index contributed by atoms with van der Waals surface area (Å²) in [5, 5.41) is 9.65. The van der Waals surface area contributed by atoms with Gasteiger partial charge in [-0.15, -0.1) is 0 Å². The number of hydrogen-bond acceptors (Lipinski definition) is 3. The van der Waals surface area contributed by atoms with E-state index in [2.05, 4.69) is 4.90 Å². The summed E-state index contributed by atoms with van der Waals surface area (Å²) in [5.41, 5.74) is 7.81. The lowest BCUT2D eigenvalue weighted by Gasteiger charge is -2.19. The minimum absolute atomic E-state index is 0.118. The highest BCUT2D eigenvalue weighted by atomic mass is 16.3. The lowest BCUT2D eigenvalue weighted by molar-refractivity contribution is 0.464. The van der Waals surface area contributed by atoms with Gasteiger partial charge in [0.05, 0.1) is 0 Å². The van der Waals surface area contributed by atoms with E-state index in [4.69, 9.17) is 5.73 Å². The standard InChI is InChI=1S/C12H18N2O/c1-9(13)11-8-10(4-5-12(11)15)14-6-2-3-7-14/h4-5,8-9,15H,2-3,6-7,13H2,1H3. The van der Waals surface area contributed by atoms with Crippen LogP contribution in [0, 0.1) is 0 Å². The molecule has 0 saturated carbocycles. The minimum atomic E-state index is -0.118. The smallest absolute Gasteiger partial charge is 0.120 e. The summed E-state index contributed by atoms with van der Waals surface area (Å²) in [5.74, 6) is 0.299. The van der Waals surface area contributed by atoms with Crippen molar-refractivity contribution in [2.75, 3.05) is 18.0 Å². The van der Waals surface area contributed by atoms with Crippen LogP contribution >= 0.6 is 0 Å². The summed E-state index contributed by atoms with van der Waals surface area (Å²) in [6.45, 7) is 4.12. The van der Waals surface area contributed by atoms with E-state index in [1.165, 1.54) is 18.5 Å². The molecule has 3 N–H and O–H groups in total. The summed E-state index contributed by atoms with van der Waals surface area (Å²) >= 11 is 0. The number of rotatable bonds is 2. The fraction of sp³-hybridized carbons (Fsp3) is 0.500. The molecule has 1 unspecified atom stereocenters. The molecule has 82 valence electrons. The number of hydrogen-bond donors (Lipinski definition) is 2. The monoisotopic (exact) mass is 206 g/mol. The van der Waals surface area contributed by atoms with Gasteiger partial charge in [-0.3, -0.25) is 0 Å². The van der Waals surface area contributed by atoms with E-state index in [9.17, 15) is 5.11 Å². The van der Waals surface area contributed by atoms with Gasteiger partial charge in [-0.2, -0.15) is 0 Å². The quantitative estimate of drug-likeness (QED) is 0.778. The highest BCUT2D eigenvalue weighted by Crippen LogP contribution is 2.29. The maximum Gasteiger partial charge on any atom is 0.120 e. The Morgan fingerprint density at radius 3 is 2.60 bits per heavy atom. The van der Waals surface area contributed by atoms with Crippen LogP contribution in [0.1, 0.15) is 31.4 Å². The van der Waals surface area contributed by atoms with Crippen LogP contribution in [-0.4, -0.2) is 18.2 Å². The Kier molecular flexibility index (Phi) is 2.82. The molecule has 0 aromatic heterocycles. The topological polar surface area (TPSA) is 49.5 Å². The third kappa shape index (κ3) is 2.07. The first kappa shape index (κ1) is 10.3. The molecular weight excluding hydrogens is 188 g/mol. The van der Waals surface area contributed by atoms with E-state index in [1.807, 2.05) is 19.1 Å². The van der Waals surface area contributed by atoms with Gasteiger partial charge in [0.15, 0.2) is 0 Å². The van der Waals surface area contributed by atoms with Crippen molar-refractivity contribution in [2.45, 2.75) is 25.8 Å². The van der Waals surface area contributed by atoms with Gasteiger partial charge in [-0.25, -0.2) is 0 Å². The maximum absolute atomic E-state index is 9.65. The largest absolute Gasteiger partial charge is 0.508 e. The van der Waals surface area contributed by atoms with Crippen molar-refractivity contribution in [3.63, 3.8) is 0 Å². The van der Waals surface area contributed by atoms with E-state index in [0.717, 1.165) is 18.7 Å². The number of benzene rings is 1. The molecule has 1 aromatic carbocycles. The summed E-state index contributed by atoms with van der Waals surface area (Å²) in [6.07, 6.45) is 2.52. The first-order valence-corrected chi connectivity index (χ1v) is 5.52. The van der Waals surface area contributed by atoms with Gasteiger partial charge in [0.25, 0.3) is 0 Å². The molecule has 3 nitrogen and oxygen atoms in total. The number of aromatic hydroxyl groups is 1. The molecule has 3 heteroatoms. The number of anilines is 1. The second-order valence-electron chi connectivity index (χ2n) is 4.23. The van der Waals surface area contributed by atoms with Gasteiger partial charge in [0, 0.05) is 30.4 Å². The van der Waals surface area contributed by atoms with Gasteiger partial charge in [0.1, 0.15) is 5.75 Å². The molecule has 1 saturated heterocycles. The number of phenols is 1. The molecular formula is C12H18N2O. The summed E-state index contributed by atoms with van der Waals surface area (Å²) in [4.78, 5) is 2.34. The van der Waals surface area contributed by atoms with Gasteiger partial charge in [-0.05, 0) is 38.0 Å². The van der Waals surface area contributed by atoms with E-state index >= 15 is 0 Å². The lowest BCUT2D eigenvalue weighted by Crippen LogP contribution is -2.18. The van der Waals surface area contributed by atoms with Gasteiger partial charge < -0.3 is 15.7 Å². The van der Waals surface area contributed by atoms with Crippen LogP contribution < -0.4 is 10.6 Å². The Morgan fingerprint density at radius 2 is 2.00 bits per heavy atom. The van der Waals surface area contributed by atoms with E-state index in [1.54, 1.807) is 6.07 Å². The summed E-state index contributed by atoms with van der Waals surface area (Å²) < 4.78 is 0. The summed E-state index contributed by atoms with van der Waals surface area (Å²) in [7, 11) is 0. The maximum atomic E-state index is 9.65. The average Bonchev–Trinajstić information content (AvgIpc) is 2.71. The fourth-order valence-corrected chi connectivity index (χ4v) is 2.08. The van der Waals surface area contributed by atoms with E-state index in [-0.39, 0.29) is 6.04 Å². The highest BCUT2D eigenvalue weighted by Gasteiger charge is 2.14. The third-order valence-electron chi connectivity index (χ3n) is 2.97. The first-order chi connectivity index (χ1) is 7.18. The lowest BCUT2D eigenvalue weighted by atomic mass is 10.1. The molecule has 0 spiro atoms. The Morgan fingerprint density at radius 1 is 1.33 bits per heavy atom. The molecule has 1 aromatic rings. The summed E-state index contributed by atoms with van der Waals surface area (Å²) in [6, 6.07) is 5.59. The van der Waals surface area contributed by atoms with Crippen molar-refractivity contribution in [1.29, 1.82) is 0 Å². The Labute approximate surface area is 90.5 Å². The first-order valence-electron chi connectivity index (χ1n) is 5.52. The zero-order valence-corrected chi connectivity index (χ0v) is 9.11. The molecule has 0 bridgehead atoms. The number of phenolic OH excluding ortho intramolecular Hbond substituents is 1. The van der Waals surface area contributed by atoms with Crippen LogP contribution in [-0.2, 0) is 0 Å². The van der Waals surface area contributed by atoms with Crippen molar-refractivity contribution < 1.29 is 5.11 Å². The van der Waals surface area contributed by atoms with Crippen molar-refractivity contribution in [3.05, 3.63) is 23.8 Å². The Bertz CT molecular complexity index is 343. The van der Waals surface area contributed by atoms with Crippen LogP contribution in [0.4, 0.5) is 5.69 Å². The molecule has 1 fully saturated rings. The second kappa shape index (κ2) is 4.11. The van der Waals surface area contributed by atoms with Crippen molar-refractivity contribution in [1.82, 2.24) is 0 Å². The average molecular weight is 206 g/mol. The van der Waals surface area contributed by atoms with Gasteiger partial charge >= 0.3 is 0 Å². The van der Waals surface area contributed by atoms with Crippen molar-refractivity contribution in [3.8, 4) is 5.75 Å². The second-order valence-corrected chi connectivity index (χ2v) is 4.23. The van der Waals surface area contributed by atoms with Crippen LogP contribution in [0.3, 0.4) is 0 Å². The SMILES string of the molecule is CC(N)c1cc(N2CCCC2)ccc1O. The van der Waals surface area contributed by atoms with Crippen LogP contribution in [0.5, 0.6) is 5.75 Å². The van der Waals surface area contributed by atoms with Crippen molar-refractivity contribution in [2.24, 2.45) is 5.73 Å². The molecule has 2 rings (SSSR count).